The molecular weight excluding hydrogens is 405 g/mol. The lowest BCUT2D eigenvalue weighted by Crippen LogP contribution is -2.38. The normalized spacial score (nSPS) is 11.4. The fraction of sp³-hybridized carbons (Fsp3) is 0.750. The molecular formula is C16H32IN5O. The Morgan fingerprint density at radius 1 is 1.35 bits per heavy atom. The maximum Gasteiger partial charge on any atom is 0.191 e. The molecule has 0 fully saturated rings. The van der Waals surface area contributed by atoms with Gasteiger partial charge in [-0.25, -0.2) is 9.98 Å². The number of rotatable bonds is 10. The van der Waals surface area contributed by atoms with E-state index in [4.69, 9.17) is 4.74 Å². The molecule has 0 aromatic carbocycles. The van der Waals surface area contributed by atoms with Crippen molar-refractivity contribution in [3.8, 4) is 0 Å². The minimum absolute atomic E-state index is 0. The molecule has 7 heteroatoms. The minimum atomic E-state index is 0. The molecule has 0 aliphatic rings. The first kappa shape index (κ1) is 22.2. The van der Waals surface area contributed by atoms with Gasteiger partial charge < -0.3 is 19.9 Å². The summed E-state index contributed by atoms with van der Waals surface area (Å²) in [6, 6.07) is 0. The monoisotopic (exact) mass is 437 g/mol. The maximum absolute atomic E-state index is 5.33. The molecule has 0 saturated carbocycles. The van der Waals surface area contributed by atoms with Crippen LogP contribution in [0.15, 0.2) is 17.4 Å². The largest absolute Gasteiger partial charge is 0.382 e. The highest BCUT2D eigenvalue weighted by molar-refractivity contribution is 14.0. The number of aliphatic imine (C=N–C) groups is 1. The SMILES string of the molecule is CCNC(=NCc1nccn1CC(C)C)NCCCOCC.I. The Hall–Kier alpha value is -0.830. The van der Waals surface area contributed by atoms with Crippen LogP contribution < -0.4 is 10.6 Å². The number of ether oxygens (including phenoxy) is 1. The van der Waals surface area contributed by atoms with Crippen LogP contribution in [-0.4, -0.2) is 41.8 Å². The third-order valence-corrected chi connectivity index (χ3v) is 3.05. The molecule has 2 N–H and O–H groups in total. The van der Waals surface area contributed by atoms with Gasteiger partial charge >= 0.3 is 0 Å². The molecule has 0 aliphatic carbocycles. The number of guanidine groups is 1. The zero-order chi connectivity index (χ0) is 16.2. The average Bonchev–Trinajstić information content (AvgIpc) is 2.91. The van der Waals surface area contributed by atoms with E-state index in [0.29, 0.717) is 12.5 Å². The molecule has 1 heterocycles. The van der Waals surface area contributed by atoms with E-state index in [-0.39, 0.29) is 24.0 Å². The molecule has 0 amide bonds. The molecule has 1 rings (SSSR count). The Morgan fingerprint density at radius 2 is 2.13 bits per heavy atom. The van der Waals surface area contributed by atoms with Crippen LogP contribution in [0, 0.1) is 5.92 Å². The summed E-state index contributed by atoms with van der Waals surface area (Å²) in [5.74, 6) is 2.43. The Labute approximate surface area is 157 Å². The lowest BCUT2D eigenvalue weighted by molar-refractivity contribution is 0.145. The molecule has 0 bridgehead atoms. The molecule has 6 nitrogen and oxygen atoms in total. The van der Waals surface area contributed by atoms with Crippen molar-refractivity contribution in [1.82, 2.24) is 20.2 Å². The number of nitrogens with one attached hydrogen (secondary N) is 2. The fourth-order valence-corrected chi connectivity index (χ4v) is 2.07. The highest BCUT2D eigenvalue weighted by Gasteiger charge is 2.05. The molecule has 134 valence electrons. The van der Waals surface area contributed by atoms with E-state index in [1.54, 1.807) is 0 Å². The second-order valence-corrected chi connectivity index (χ2v) is 5.56. The fourth-order valence-electron chi connectivity index (χ4n) is 2.07. The molecule has 0 saturated heterocycles. The number of halogens is 1. The van der Waals surface area contributed by atoms with Gasteiger partial charge in [-0.1, -0.05) is 13.8 Å². The van der Waals surface area contributed by atoms with E-state index in [1.807, 2.05) is 19.3 Å². The predicted molar refractivity (Wildman–Crippen MR) is 106 cm³/mol. The third kappa shape index (κ3) is 9.80. The molecule has 0 radical (unpaired) electrons. The van der Waals surface area contributed by atoms with Gasteiger partial charge in [-0.15, -0.1) is 24.0 Å². The second kappa shape index (κ2) is 13.6. The van der Waals surface area contributed by atoms with E-state index < -0.39 is 0 Å². The molecule has 0 unspecified atom stereocenters. The van der Waals surface area contributed by atoms with Gasteiger partial charge in [0, 0.05) is 45.2 Å². The summed E-state index contributed by atoms with van der Waals surface area (Å²) in [4.78, 5) is 9.01. The van der Waals surface area contributed by atoms with Gasteiger partial charge in [-0.3, -0.25) is 0 Å². The maximum atomic E-state index is 5.33. The van der Waals surface area contributed by atoms with E-state index in [0.717, 1.165) is 51.1 Å². The van der Waals surface area contributed by atoms with Crippen LogP contribution in [-0.2, 0) is 17.8 Å². The molecule has 1 aromatic rings. The van der Waals surface area contributed by atoms with Crippen LogP contribution >= 0.6 is 24.0 Å². The van der Waals surface area contributed by atoms with Crippen molar-refractivity contribution in [3.05, 3.63) is 18.2 Å². The van der Waals surface area contributed by atoms with Crippen LogP contribution in [0.1, 0.15) is 39.9 Å². The summed E-state index contributed by atoms with van der Waals surface area (Å²) >= 11 is 0. The predicted octanol–water partition coefficient (Wildman–Crippen LogP) is 2.64. The Balaban J connectivity index is 0.00000484. The van der Waals surface area contributed by atoms with Crippen molar-refractivity contribution < 1.29 is 4.74 Å². The van der Waals surface area contributed by atoms with E-state index in [1.165, 1.54) is 0 Å². The van der Waals surface area contributed by atoms with Crippen molar-refractivity contribution >= 4 is 29.9 Å². The van der Waals surface area contributed by atoms with Crippen molar-refractivity contribution in [2.45, 2.75) is 47.2 Å². The summed E-state index contributed by atoms with van der Waals surface area (Å²) in [5, 5.41) is 6.58. The van der Waals surface area contributed by atoms with Crippen LogP contribution in [0.4, 0.5) is 0 Å². The van der Waals surface area contributed by atoms with Gasteiger partial charge in [0.05, 0.1) is 0 Å². The van der Waals surface area contributed by atoms with Gasteiger partial charge in [0.2, 0.25) is 0 Å². The molecule has 0 spiro atoms. The van der Waals surface area contributed by atoms with Crippen LogP contribution in [0.5, 0.6) is 0 Å². The Bertz CT molecular complexity index is 434. The number of nitrogens with zero attached hydrogens (tertiary/aromatic N) is 3. The standard InChI is InChI=1S/C16H31N5O.HI/c1-5-17-16(19-8-7-11-22-6-2)20-12-15-18-9-10-21(15)13-14(3)4;/h9-10,14H,5-8,11-13H2,1-4H3,(H2,17,19,20);1H. The first-order valence-corrected chi connectivity index (χ1v) is 8.27. The van der Waals surface area contributed by atoms with Crippen LogP contribution in [0.3, 0.4) is 0 Å². The van der Waals surface area contributed by atoms with Crippen molar-refractivity contribution in [1.29, 1.82) is 0 Å². The number of hydrogen-bond donors (Lipinski definition) is 2. The zero-order valence-corrected chi connectivity index (χ0v) is 17.2. The molecule has 1 aromatic heterocycles. The Morgan fingerprint density at radius 3 is 2.78 bits per heavy atom. The van der Waals surface area contributed by atoms with E-state index >= 15 is 0 Å². The summed E-state index contributed by atoms with van der Waals surface area (Å²) in [6.45, 7) is 13.3. The number of aromatic nitrogens is 2. The Kier molecular flexibility index (Phi) is 13.1. The topological polar surface area (TPSA) is 63.5 Å². The second-order valence-electron chi connectivity index (χ2n) is 5.56. The van der Waals surface area contributed by atoms with Crippen LogP contribution in [0.25, 0.3) is 0 Å². The lowest BCUT2D eigenvalue weighted by Gasteiger charge is -2.12. The van der Waals surface area contributed by atoms with Gasteiger partial charge in [-0.2, -0.15) is 0 Å². The highest BCUT2D eigenvalue weighted by Crippen LogP contribution is 2.04. The van der Waals surface area contributed by atoms with Gasteiger partial charge in [0.1, 0.15) is 12.4 Å². The van der Waals surface area contributed by atoms with Crippen molar-refractivity contribution in [3.63, 3.8) is 0 Å². The van der Waals surface area contributed by atoms with Gasteiger partial charge in [0.15, 0.2) is 5.96 Å². The first-order valence-electron chi connectivity index (χ1n) is 8.27. The number of imidazole rings is 1. The smallest absolute Gasteiger partial charge is 0.191 e. The van der Waals surface area contributed by atoms with E-state index in [9.17, 15) is 0 Å². The van der Waals surface area contributed by atoms with Crippen LogP contribution in [0.2, 0.25) is 0 Å². The number of hydrogen-bond acceptors (Lipinski definition) is 3. The minimum Gasteiger partial charge on any atom is -0.382 e. The van der Waals surface area contributed by atoms with Gasteiger partial charge in [-0.05, 0) is 26.2 Å². The summed E-state index contributed by atoms with van der Waals surface area (Å²) < 4.78 is 7.51. The third-order valence-electron chi connectivity index (χ3n) is 3.05. The lowest BCUT2D eigenvalue weighted by atomic mass is 10.2. The van der Waals surface area contributed by atoms with Crippen molar-refractivity contribution in [2.75, 3.05) is 26.3 Å². The summed E-state index contributed by atoms with van der Waals surface area (Å²) in [6.07, 6.45) is 4.84. The average molecular weight is 437 g/mol. The zero-order valence-electron chi connectivity index (χ0n) is 14.8. The van der Waals surface area contributed by atoms with Crippen molar-refractivity contribution in [2.24, 2.45) is 10.9 Å². The summed E-state index contributed by atoms with van der Waals surface area (Å²) in [7, 11) is 0. The molecule has 0 atom stereocenters. The molecule has 23 heavy (non-hydrogen) atoms. The molecule has 0 aliphatic heterocycles. The quantitative estimate of drug-likeness (QED) is 0.256. The summed E-state index contributed by atoms with van der Waals surface area (Å²) in [5.41, 5.74) is 0. The van der Waals surface area contributed by atoms with E-state index in [2.05, 4.69) is 45.9 Å². The van der Waals surface area contributed by atoms with Gasteiger partial charge in [0.25, 0.3) is 0 Å². The highest BCUT2D eigenvalue weighted by atomic mass is 127. The first-order chi connectivity index (χ1) is 10.7.